The van der Waals surface area contributed by atoms with Crippen molar-refractivity contribution in [2.24, 2.45) is 0 Å². The molecule has 0 saturated carbocycles. The van der Waals surface area contributed by atoms with Gasteiger partial charge in [-0.25, -0.2) is 19.5 Å². The zero-order valence-electron chi connectivity index (χ0n) is 17.2. The van der Waals surface area contributed by atoms with Gasteiger partial charge in [0, 0.05) is 6.54 Å². The summed E-state index contributed by atoms with van der Waals surface area (Å²) in [5, 5.41) is 23.6. The number of phosphoric ester groups is 1. The Labute approximate surface area is 186 Å². The van der Waals surface area contributed by atoms with E-state index in [2.05, 4.69) is 29.8 Å². The van der Waals surface area contributed by atoms with Gasteiger partial charge >= 0.3 is 7.82 Å². The molecule has 1 aliphatic rings. The second-order valence-electron chi connectivity index (χ2n) is 7.04. The molecule has 0 amide bonds. The lowest BCUT2D eigenvalue weighted by Gasteiger charge is -2.21. The van der Waals surface area contributed by atoms with E-state index in [4.69, 9.17) is 24.0 Å². The fourth-order valence-electron chi connectivity index (χ4n) is 3.34. The average Bonchev–Trinajstić information content (AvgIpc) is 3.37. The Balaban J connectivity index is 1.51. The highest BCUT2D eigenvalue weighted by atomic mass is 31.2. The monoisotopic (exact) mass is 483 g/mol. The third-order valence-electron chi connectivity index (χ3n) is 4.93. The number of aliphatic hydroxyl groups is 2. The normalized spacial score (nSPS) is 23.1. The van der Waals surface area contributed by atoms with Crippen LogP contribution in [-0.4, -0.2) is 78.3 Å². The second-order valence-corrected chi connectivity index (χ2v) is 8.28. The van der Waals surface area contributed by atoms with Crippen LogP contribution in [0.25, 0.3) is 11.2 Å². The Morgan fingerprint density at radius 2 is 1.97 bits per heavy atom. The number of aromatic amines is 1. The topological polar surface area (TPSA) is 201 Å². The van der Waals surface area contributed by atoms with E-state index in [0.29, 0.717) is 28.3 Å². The fraction of sp³-hybridized carbons (Fsp3) is 0.389. The van der Waals surface area contributed by atoms with Crippen LogP contribution >= 0.6 is 7.82 Å². The van der Waals surface area contributed by atoms with Crippen molar-refractivity contribution in [1.29, 1.82) is 0 Å². The average molecular weight is 483 g/mol. The first-order chi connectivity index (χ1) is 15.8. The number of nitrogens with zero attached hydrogens (tertiary/aromatic N) is 3. The van der Waals surface area contributed by atoms with Crippen molar-refractivity contribution in [1.82, 2.24) is 19.9 Å². The first kappa shape index (κ1) is 23.3. The number of hydrogen-bond donors (Lipinski definition) is 6. The van der Waals surface area contributed by atoms with Crippen LogP contribution in [0.2, 0.25) is 0 Å². The molecule has 4 rings (SSSR count). The van der Waals surface area contributed by atoms with Crippen LogP contribution in [0.15, 0.2) is 30.9 Å². The molecule has 3 heterocycles. The smallest absolute Gasteiger partial charge is 0.469 e. The maximum absolute atomic E-state index is 10.9. The second kappa shape index (κ2) is 9.57. The zero-order valence-corrected chi connectivity index (χ0v) is 18.1. The van der Waals surface area contributed by atoms with Crippen LogP contribution in [-0.2, 0) is 20.4 Å². The predicted molar refractivity (Wildman–Crippen MR) is 111 cm³/mol. The molecule has 6 N–H and O–H groups in total. The summed E-state index contributed by atoms with van der Waals surface area (Å²) in [7, 11) is -3.29. The molecule has 33 heavy (non-hydrogen) atoms. The number of fused-ring (bicyclic) bond motifs is 1. The zero-order chi connectivity index (χ0) is 23.6. The van der Waals surface area contributed by atoms with Gasteiger partial charge in [-0.2, -0.15) is 0 Å². The maximum Gasteiger partial charge on any atom is 0.469 e. The van der Waals surface area contributed by atoms with E-state index in [9.17, 15) is 14.8 Å². The first-order valence-electron chi connectivity index (χ1n) is 9.69. The number of aliphatic hydroxyl groups excluding tert-OH is 2. The van der Waals surface area contributed by atoms with Gasteiger partial charge in [0.2, 0.25) is 6.29 Å². The molecule has 14 nitrogen and oxygen atoms in total. The highest BCUT2D eigenvalue weighted by Gasteiger charge is 2.45. The summed E-state index contributed by atoms with van der Waals surface area (Å²) in [4.78, 5) is 33.0. The van der Waals surface area contributed by atoms with E-state index in [-0.39, 0.29) is 12.3 Å². The Bertz CT molecular complexity index is 1160. The van der Waals surface area contributed by atoms with Crippen LogP contribution < -0.4 is 14.8 Å². The molecule has 3 aromatic rings. The SMILES string of the molecule is COc1cccc(OC2O[C@H](COP(=O)(O)O)[C@@H](O)[C@H]2O)c1CNc1ncnc2nc[nH]c12. The van der Waals surface area contributed by atoms with Gasteiger partial charge in [0.25, 0.3) is 0 Å². The molecular formula is C18H22N5O9P. The van der Waals surface area contributed by atoms with E-state index in [1.807, 2.05) is 0 Å². The van der Waals surface area contributed by atoms with Gasteiger partial charge in [0.1, 0.15) is 41.7 Å². The molecule has 1 saturated heterocycles. The van der Waals surface area contributed by atoms with Crippen LogP contribution in [0.5, 0.6) is 11.5 Å². The van der Waals surface area contributed by atoms with Crippen LogP contribution in [0.4, 0.5) is 5.82 Å². The van der Waals surface area contributed by atoms with E-state index in [1.54, 1.807) is 18.2 Å². The van der Waals surface area contributed by atoms with Crippen molar-refractivity contribution in [2.45, 2.75) is 31.1 Å². The molecule has 178 valence electrons. The van der Waals surface area contributed by atoms with Gasteiger partial charge in [-0.3, -0.25) is 4.52 Å². The molecular weight excluding hydrogens is 461 g/mol. The van der Waals surface area contributed by atoms with Crippen molar-refractivity contribution in [3.63, 3.8) is 0 Å². The van der Waals surface area contributed by atoms with Crippen LogP contribution in [0.1, 0.15) is 5.56 Å². The summed E-state index contributed by atoms with van der Waals surface area (Å²) in [6, 6.07) is 5.00. The fourth-order valence-corrected chi connectivity index (χ4v) is 3.68. The summed E-state index contributed by atoms with van der Waals surface area (Å²) in [5.41, 5.74) is 1.66. The van der Waals surface area contributed by atoms with Crippen molar-refractivity contribution in [2.75, 3.05) is 19.0 Å². The standard InChI is InChI=1S/C18H22N5O9P/c1-29-10-3-2-4-11(9(10)5-19-16-13-17(21-7-20-13)23-8-22-16)31-18-15(25)14(24)12(32-18)6-30-33(26,27)28/h2-4,7-8,12,14-15,18,24-25H,5-6H2,1H3,(H2,26,27,28)(H2,19,20,21,22,23)/t12-,14-,15-,18?/m1/s1. The number of benzene rings is 1. The van der Waals surface area contributed by atoms with Crippen molar-refractivity contribution in [3.8, 4) is 11.5 Å². The lowest BCUT2D eigenvalue weighted by atomic mass is 10.1. The molecule has 4 atom stereocenters. The van der Waals surface area contributed by atoms with E-state index < -0.39 is 39.0 Å². The van der Waals surface area contributed by atoms with Gasteiger partial charge < -0.3 is 44.5 Å². The Hall–Kier alpha value is -2.84. The van der Waals surface area contributed by atoms with Crippen LogP contribution in [0, 0.1) is 0 Å². The largest absolute Gasteiger partial charge is 0.496 e. The summed E-state index contributed by atoms with van der Waals surface area (Å²) < 4.78 is 32.0. The number of methoxy groups -OCH3 is 1. The molecule has 1 unspecified atom stereocenters. The minimum Gasteiger partial charge on any atom is -0.496 e. The number of rotatable bonds is 9. The van der Waals surface area contributed by atoms with Crippen molar-refractivity contribution in [3.05, 3.63) is 36.4 Å². The number of aromatic nitrogens is 4. The minimum absolute atomic E-state index is 0.195. The summed E-state index contributed by atoms with van der Waals surface area (Å²) in [5.74, 6) is 1.26. The number of hydrogen-bond acceptors (Lipinski definition) is 11. The van der Waals surface area contributed by atoms with E-state index in [1.165, 1.54) is 19.8 Å². The lowest BCUT2D eigenvalue weighted by molar-refractivity contribution is -0.116. The van der Waals surface area contributed by atoms with Gasteiger partial charge in [-0.15, -0.1) is 0 Å². The van der Waals surface area contributed by atoms with E-state index in [0.717, 1.165) is 0 Å². The summed E-state index contributed by atoms with van der Waals surface area (Å²) in [6.07, 6.45) is -2.64. The quantitative estimate of drug-likeness (QED) is 0.221. The highest BCUT2D eigenvalue weighted by Crippen LogP contribution is 2.38. The molecule has 1 fully saturated rings. The minimum atomic E-state index is -4.78. The molecule has 0 spiro atoms. The third kappa shape index (κ3) is 5.23. The molecule has 1 aromatic carbocycles. The van der Waals surface area contributed by atoms with Gasteiger partial charge in [0.15, 0.2) is 11.5 Å². The van der Waals surface area contributed by atoms with Crippen LogP contribution in [0.3, 0.4) is 0 Å². The summed E-state index contributed by atoms with van der Waals surface area (Å²) in [6.45, 7) is -0.441. The number of phosphoric acid groups is 1. The molecule has 2 aromatic heterocycles. The Kier molecular flexibility index (Phi) is 6.76. The predicted octanol–water partition coefficient (Wildman–Crippen LogP) is -0.0916. The molecule has 0 bridgehead atoms. The summed E-state index contributed by atoms with van der Waals surface area (Å²) >= 11 is 0. The number of imidazole rings is 1. The first-order valence-corrected chi connectivity index (χ1v) is 11.2. The third-order valence-corrected chi connectivity index (χ3v) is 5.42. The molecule has 0 aliphatic carbocycles. The number of H-pyrrole nitrogens is 1. The van der Waals surface area contributed by atoms with Gasteiger partial charge in [-0.1, -0.05) is 6.07 Å². The highest BCUT2D eigenvalue weighted by molar-refractivity contribution is 7.46. The Morgan fingerprint density at radius 1 is 1.18 bits per heavy atom. The number of anilines is 1. The van der Waals surface area contributed by atoms with Crippen molar-refractivity contribution < 1.29 is 43.3 Å². The number of ether oxygens (including phenoxy) is 3. The Morgan fingerprint density at radius 3 is 2.73 bits per heavy atom. The van der Waals surface area contributed by atoms with Crippen molar-refractivity contribution >= 4 is 24.8 Å². The van der Waals surface area contributed by atoms with Gasteiger partial charge in [-0.05, 0) is 12.1 Å². The van der Waals surface area contributed by atoms with E-state index >= 15 is 0 Å². The molecule has 15 heteroatoms. The molecule has 0 radical (unpaired) electrons. The maximum atomic E-state index is 10.9. The molecule has 1 aliphatic heterocycles. The number of nitrogens with one attached hydrogen (secondary N) is 2. The van der Waals surface area contributed by atoms with Gasteiger partial charge in [0.05, 0.1) is 25.6 Å². The lowest BCUT2D eigenvalue weighted by Crippen LogP contribution is -2.36.